The van der Waals surface area contributed by atoms with Crippen LogP contribution in [0.2, 0.25) is 0 Å². The molecule has 2 atom stereocenters. The van der Waals surface area contributed by atoms with E-state index in [1.807, 2.05) is 7.05 Å². The van der Waals surface area contributed by atoms with Gasteiger partial charge in [0.05, 0.1) is 6.10 Å². The fraction of sp³-hybridized carbons (Fsp3) is 0.941. The van der Waals surface area contributed by atoms with Crippen LogP contribution in [-0.4, -0.2) is 63.3 Å². The third kappa shape index (κ3) is 6.53. The molecule has 0 spiro atoms. The number of rotatable bonds is 7. The molecule has 2 unspecified atom stereocenters. The Labute approximate surface area is 135 Å². The van der Waals surface area contributed by atoms with Crippen molar-refractivity contribution in [3.05, 3.63) is 0 Å². The number of hydrogen-bond donors (Lipinski definition) is 2. The molecule has 2 rings (SSSR count). The van der Waals surface area contributed by atoms with E-state index in [-0.39, 0.29) is 0 Å². The summed E-state index contributed by atoms with van der Waals surface area (Å²) >= 11 is 0. The van der Waals surface area contributed by atoms with Crippen LogP contribution in [0.4, 0.5) is 0 Å². The second-order valence-corrected chi connectivity index (χ2v) is 6.77. The standard InChI is InChI=1S/C17H34N4O/c1-15-7-5-11-21(14-15)10-4-3-9-19-17(18-2)20-13-16-8-6-12-22-16/h15-16H,3-14H2,1-2H3,(H2,18,19,20). The number of likely N-dealkylation sites (tertiary alicyclic amines) is 1. The number of guanidine groups is 1. The highest BCUT2D eigenvalue weighted by atomic mass is 16.5. The summed E-state index contributed by atoms with van der Waals surface area (Å²) in [6.45, 7) is 8.97. The third-order valence-corrected chi connectivity index (χ3v) is 4.68. The molecule has 5 nitrogen and oxygen atoms in total. The highest BCUT2D eigenvalue weighted by molar-refractivity contribution is 5.79. The molecule has 0 aromatic carbocycles. The second-order valence-electron chi connectivity index (χ2n) is 6.77. The lowest BCUT2D eigenvalue weighted by Crippen LogP contribution is -2.41. The Bertz CT molecular complexity index is 329. The van der Waals surface area contributed by atoms with Crippen LogP contribution in [0.1, 0.15) is 45.4 Å². The van der Waals surface area contributed by atoms with Crippen molar-refractivity contribution in [2.24, 2.45) is 10.9 Å². The molecule has 2 aliphatic heterocycles. The lowest BCUT2D eigenvalue weighted by atomic mass is 10.0. The molecule has 2 heterocycles. The van der Waals surface area contributed by atoms with Gasteiger partial charge in [0.1, 0.15) is 0 Å². The van der Waals surface area contributed by atoms with Gasteiger partial charge in [-0.2, -0.15) is 0 Å². The molecule has 2 N–H and O–H groups in total. The molecule has 0 aliphatic carbocycles. The van der Waals surface area contributed by atoms with Crippen LogP contribution in [-0.2, 0) is 4.74 Å². The molecule has 2 fully saturated rings. The Morgan fingerprint density at radius 3 is 2.86 bits per heavy atom. The fourth-order valence-corrected chi connectivity index (χ4v) is 3.39. The Hall–Kier alpha value is -0.810. The molecule has 22 heavy (non-hydrogen) atoms. The molecular weight excluding hydrogens is 276 g/mol. The molecule has 2 saturated heterocycles. The van der Waals surface area contributed by atoms with E-state index in [1.54, 1.807) is 0 Å². The van der Waals surface area contributed by atoms with Crippen LogP contribution >= 0.6 is 0 Å². The van der Waals surface area contributed by atoms with Gasteiger partial charge in [-0.05, 0) is 57.5 Å². The zero-order valence-electron chi connectivity index (χ0n) is 14.4. The highest BCUT2D eigenvalue weighted by Crippen LogP contribution is 2.15. The molecule has 0 saturated carbocycles. The topological polar surface area (TPSA) is 48.9 Å². The average Bonchev–Trinajstić information content (AvgIpc) is 3.03. The monoisotopic (exact) mass is 310 g/mol. The van der Waals surface area contributed by atoms with Gasteiger partial charge in [-0.3, -0.25) is 4.99 Å². The van der Waals surface area contributed by atoms with Crippen LogP contribution in [0.3, 0.4) is 0 Å². The van der Waals surface area contributed by atoms with E-state index in [2.05, 4.69) is 27.4 Å². The molecule has 0 radical (unpaired) electrons. The van der Waals surface area contributed by atoms with Crippen LogP contribution < -0.4 is 10.6 Å². The second kappa shape index (κ2) is 10.1. The van der Waals surface area contributed by atoms with E-state index >= 15 is 0 Å². The van der Waals surface area contributed by atoms with E-state index in [0.29, 0.717) is 6.10 Å². The van der Waals surface area contributed by atoms with E-state index in [0.717, 1.165) is 38.0 Å². The maximum Gasteiger partial charge on any atom is 0.191 e. The first-order valence-corrected chi connectivity index (χ1v) is 9.06. The number of aliphatic imine (C=N–C) groups is 1. The van der Waals surface area contributed by atoms with Crippen molar-refractivity contribution in [1.82, 2.24) is 15.5 Å². The predicted molar refractivity (Wildman–Crippen MR) is 92.4 cm³/mol. The first-order valence-electron chi connectivity index (χ1n) is 9.06. The van der Waals surface area contributed by atoms with Crippen molar-refractivity contribution >= 4 is 5.96 Å². The summed E-state index contributed by atoms with van der Waals surface area (Å²) in [5.41, 5.74) is 0. The van der Waals surface area contributed by atoms with E-state index in [1.165, 1.54) is 51.7 Å². The van der Waals surface area contributed by atoms with Crippen molar-refractivity contribution < 1.29 is 4.74 Å². The Kier molecular flexibility index (Phi) is 8.02. The predicted octanol–water partition coefficient (Wildman–Crippen LogP) is 1.84. The summed E-state index contributed by atoms with van der Waals surface area (Å²) in [4.78, 5) is 6.90. The summed E-state index contributed by atoms with van der Waals surface area (Å²) in [7, 11) is 1.83. The zero-order chi connectivity index (χ0) is 15.6. The fourth-order valence-electron chi connectivity index (χ4n) is 3.39. The zero-order valence-corrected chi connectivity index (χ0v) is 14.4. The van der Waals surface area contributed by atoms with Gasteiger partial charge >= 0.3 is 0 Å². The molecular formula is C17H34N4O. The maximum atomic E-state index is 5.62. The van der Waals surface area contributed by atoms with E-state index < -0.39 is 0 Å². The summed E-state index contributed by atoms with van der Waals surface area (Å²) < 4.78 is 5.62. The van der Waals surface area contributed by atoms with Gasteiger partial charge < -0.3 is 20.3 Å². The van der Waals surface area contributed by atoms with Crippen LogP contribution in [0.15, 0.2) is 4.99 Å². The quantitative estimate of drug-likeness (QED) is 0.428. The van der Waals surface area contributed by atoms with Gasteiger partial charge in [0.25, 0.3) is 0 Å². The Morgan fingerprint density at radius 2 is 2.14 bits per heavy atom. The minimum absolute atomic E-state index is 0.361. The van der Waals surface area contributed by atoms with Crippen molar-refractivity contribution in [3.8, 4) is 0 Å². The summed E-state index contributed by atoms with van der Waals surface area (Å²) in [6.07, 6.45) is 7.96. The van der Waals surface area contributed by atoms with Crippen molar-refractivity contribution in [2.75, 3.05) is 46.4 Å². The molecule has 0 bridgehead atoms. The summed E-state index contributed by atoms with van der Waals surface area (Å²) in [5, 5.41) is 6.77. The number of nitrogens with one attached hydrogen (secondary N) is 2. The molecule has 0 aromatic heterocycles. The van der Waals surface area contributed by atoms with E-state index in [9.17, 15) is 0 Å². The van der Waals surface area contributed by atoms with Gasteiger partial charge in [-0.15, -0.1) is 0 Å². The highest BCUT2D eigenvalue weighted by Gasteiger charge is 2.16. The number of unbranched alkanes of at least 4 members (excludes halogenated alkanes) is 1. The average molecular weight is 310 g/mol. The van der Waals surface area contributed by atoms with Gasteiger partial charge in [0, 0.05) is 33.3 Å². The van der Waals surface area contributed by atoms with Gasteiger partial charge in [-0.25, -0.2) is 0 Å². The van der Waals surface area contributed by atoms with Crippen LogP contribution in [0, 0.1) is 5.92 Å². The minimum Gasteiger partial charge on any atom is -0.376 e. The van der Waals surface area contributed by atoms with Crippen molar-refractivity contribution in [3.63, 3.8) is 0 Å². The maximum absolute atomic E-state index is 5.62. The van der Waals surface area contributed by atoms with Gasteiger partial charge in [0.2, 0.25) is 0 Å². The molecule has 128 valence electrons. The van der Waals surface area contributed by atoms with Crippen molar-refractivity contribution in [1.29, 1.82) is 0 Å². The summed E-state index contributed by atoms with van der Waals surface area (Å²) in [5.74, 6) is 1.79. The lowest BCUT2D eigenvalue weighted by Gasteiger charge is -2.30. The summed E-state index contributed by atoms with van der Waals surface area (Å²) in [6, 6.07) is 0. The molecule has 0 aromatic rings. The SMILES string of the molecule is CN=C(NCCCCN1CCCC(C)C1)NCC1CCCO1. The minimum atomic E-state index is 0.361. The Morgan fingerprint density at radius 1 is 1.23 bits per heavy atom. The van der Waals surface area contributed by atoms with Crippen LogP contribution in [0.5, 0.6) is 0 Å². The van der Waals surface area contributed by atoms with E-state index in [4.69, 9.17) is 4.74 Å². The number of hydrogen-bond acceptors (Lipinski definition) is 3. The number of piperidine rings is 1. The van der Waals surface area contributed by atoms with Crippen LogP contribution in [0.25, 0.3) is 0 Å². The van der Waals surface area contributed by atoms with Crippen molar-refractivity contribution in [2.45, 2.75) is 51.6 Å². The largest absolute Gasteiger partial charge is 0.376 e. The number of nitrogens with zero attached hydrogens (tertiary/aromatic N) is 2. The van der Waals surface area contributed by atoms with Gasteiger partial charge in [-0.1, -0.05) is 6.92 Å². The Balaban J connectivity index is 1.49. The third-order valence-electron chi connectivity index (χ3n) is 4.68. The first-order chi connectivity index (χ1) is 10.8. The normalized spacial score (nSPS) is 27.1. The smallest absolute Gasteiger partial charge is 0.191 e. The number of ether oxygens (including phenoxy) is 1. The lowest BCUT2D eigenvalue weighted by molar-refractivity contribution is 0.114. The first kappa shape index (κ1) is 17.5. The molecule has 5 heteroatoms. The molecule has 2 aliphatic rings. The molecule has 0 amide bonds. The van der Waals surface area contributed by atoms with Gasteiger partial charge in [0.15, 0.2) is 5.96 Å².